The van der Waals surface area contributed by atoms with Gasteiger partial charge in [-0.25, -0.2) is 0 Å². The van der Waals surface area contributed by atoms with Crippen LogP contribution in [-0.4, -0.2) is 9.78 Å². The Hall–Kier alpha value is -1.29. The molecule has 4 heteroatoms. The first-order valence-electron chi connectivity index (χ1n) is 4.51. The molecule has 0 aliphatic carbocycles. The number of nitrogens with zero attached hydrogens (tertiary/aromatic N) is 2. The van der Waals surface area contributed by atoms with Crippen molar-refractivity contribution in [2.45, 2.75) is 13.5 Å². The fourth-order valence-electron chi connectivity index (χ4n) is 1.28. The first-order valence-corrected chi connectivity index (χ1v) is 5.45. The molecule has 0 radical (unpaired) electrons. The number of aryl methyl sites for hydroxylation is 2. The summed E-state index contributed by atoms with van der Waals surface area (Å²) in [6.45, 7) is 2.90. The first-order chi connectivity index (χ1) is 6.75. The molecule has 0 saturated carbocycles. The number of aromatic nitrogens is 2. The monoisotopic (exact) mass is 207 g/mol. The Balaban J connectivity index is 1.98. The molecule has 74 valence electrons. The van der Waals surface area contributed by atoms with Gasteiger partial charge in [-0.1, -0.05) is 0 Å². The molecule has 0 spiro atoms. The Morgan fingerprint density at radius 2 is 2.36 bits per heavy atom. The second kappa shape index (κ2) is 3.84. The van der Waals surface area contributed by atoms with E-state index in [0.29, 0.717) is 0 Å². The number of rotatable bonds is 3. The molecule has 0 unspecified atom stereocenters. The van der Waals surface area contributed by atoms with Gasteiger partial charge in [0.1, 0.15) is 0 Å². The second-order valence-electron chi connectivity index (χ2n) is 3.30. The highest BCUT2D eigenvalue weighted by Crippen LogP contribution is 2.19. The number of nitrogens with one attached hydrogen (secondary N) is 1. The number of hydrogen-bond donors (Lipinski definition) is 1. The lowest BCUT2D eigenvalue weighted by atomic mass is 10.3. The van der Waals surface area contributed by atoms with Crippen LogP contribution in [0.3, 0.4) is 0 Å². The zero-order valence-corrected chi connectivity index (χ0v) is 9.14. The van der Waals surface area contributed by atoms with Crippen molar-refractivity contribution >= 4 is 17.0 Å². The van der Waals surface area contributed by atoms with Gasteiger partial charge in [0.2, 0.25) is 0 Å². The van der Waals surface area contributed by atoms with E-state index in [9.17, 15) is 0 Å². The summed E-state index contributed by atoms with van der Waals surface area (Å²) >= 11 is 1.72. The minimum absolute atomic E-state index is 0.790. The molecule has 0 aromatic carbocycles. The molecule has 2 aromatic heterocycles. The SMILES string of the molecule is Cc1cscc1NCc1ccn(C)n1. The van der Waals surface area contributed by atoms with Crippen LogP contribution in [0.25, 0.3) is 0 Å². The van der Waals surface area contributed by atoms with E-state index in [1.165, 1.54) is 11.3 Å². The Bertz CT molecular complexity index is 416. The van der Waals surface area contributed by atoms with E-state index < -0.39 is 0 Å². The van der Waals surface area contributed by atoms with Crippen LogP contribution in [0.2, 0.25) is 0 Å². The lowest BCUT2D eigenvalue weighted by molar-refractivity contribution is 0.747. The summed E-state index contributed by atoms with van der Waals surface area (Å²) in [6.07, 6.45) is 1.96. The van der Waals surface area contributed by atoms with E-state index in [4.69, 9.17) is 0 Å². The Kier molecular flexibility index (Phi) is 2.54. The highest BCUT2D eigenvalue weighted by molar-refractivity contribution is 7.08. The predicted octanol–water partition coefficient (Wildman–Crippen LogP) is 2.40. The van der Waals surface area contributed by atoms with Crippen LogP contribution in [0, 0.1) is 6.92 Å². The van der Waals surface area contributed by atoms with Crippen LogP contribution >= 0.6 is 11.3 Å². The van der Waals surface area contributed by atoms with Gasteiger partial charge in [0.25, 0.3) is 0 Å². The van der Waals surface area contributed by atoms with Crippen molar-refractivity contribution in [2.24, 2.45) is 7.05 Å². The van der Waals surface area contributed by atoms with Crippen LogP contribution in [-0.2, 0) is 13.6 Å². The molecule has 14 heavy (non-hydrogen) atoms. The van der Waals surface area contributed by atoms with Crippen molar-refractivity contribution in [3.8, 4) is 0 Å². The van der Waals surface area contributed by atoms with Crippen molar-refractivity contribution in [3.63, 3.8) is 0 Å². The molecule has 0 fully saturated rings. The maximum absolute atomic E-state index is 4.30. The highest BCUT2D eigenvalue weighted by Gasteiger charge is 2.00. The van der Waals surface area contributed by atoms with Gasteiger partial charge in [-0.15, -0.1) is 11.3 Å². The van der Waals surface area contributed by atoms with Crippen LogP contribution < -0.4 is 5.32 Å². The second-order valence-corrected chi connectivity index (χ2v) is 4.05. The van der Waals surface area contributed by atoms with E-state index in [0.717, 1.165) is 12.2 Å². The van der Waals surface area contributed by atoms with E-state index >= 15 is 0 Å². The normalized spacial score (nSPS) is 10.4. The summed E-state index contributed by atoms with van der Waals surface area (Å²) in [4.78, 5) is 0. The summed E-state index contributed by atoms with van der Waals surface area (Å²) in [5.74, 6) is 0. The predicted molar refractivity (Wildman–Crippen MR) is 59.6 cm³/mol. The standard InChI is InChI=1S/C10H13N3S/c1-8-6-14-7-10(8)11-5-9-3-4-13(2)12-9/h3-4,6-7,11H,5H2,1-2H3. The largest absolute Gasteiger partial charge is 0.378 e. The van der Waals surface area contributed by atoms with Gasteiger partial charge in [-0.2, -0.15) is 5.10 Å². The van der Waals surface area contributed by atoms with Crippen molar-refractivity contribution in [3.05, 3.63) is 34.3 Å². The lowest BCUT2D eigenvalue weighted by Gasteiger charge is -2.02. The maximum Gasteiger partial charge on any atom is 0.0815 e. The van der Waals surface area contributed by atoms with Gasteiger partial charge in [0, 0.05) is 24.3 Å². The molecule has 0 bridgehead atoms. The van der Waals surface area contributed by atoms with E-state index in [-0.39, 0.29) is 0 Å². The molecule has 2 rings (SSSR count). The van der Waals surface area contributed by atoms with Crippen molar-refractivity contribution < 1.29 is 0 Å². The molecule has 0 amide bonds. The van der Waals surface area contributed by atoms with E-state index in [1.807, 2.05) is 24.0 Å². The number of anilines is 1. The van der Waals surface area contributed by atoms with Crippen LogP contribution in [0.5, 0.6) is 0 Å². The van der Waals surface area contributed by atoms with Gasteiger partial charge in [0.15, 0.2) is 0 Å². The maximum atomic E-state index is 4.30. The molecule has 2 heterocycles. The summed E-state index contributed by atoms with van der Waals surface area (Å²) in [7, 11) is 1.93. The van der Waals surface area contributed by atoms with Crippen molar-refractivity contribution in [1.82, 2.24) is 9.78 Å². The average molecular weight is 207 g/mol. The molecule has 0 aliphatic heterocycles. The van der Waals surface area contributed by atoms with Gasteiger partial charge in [-0.3, -0.25) is 4.68 Å². The van der Waals surface area contributed by atoms with Gasteiger partial charge in [0.05, 0.1) is 12.2 Å². The third kappa shape index (κ3) is 1.96. The molecule has 1 N–H and O–H groups in total. The lowest BCUT2D eigenvalue weighted by Crippen LogP contribution is -2.01. The fraction of sp³-hybridized carbons (Fsp3) is 0.300. The summed E-state index contributed by atoms with van der Waals surface area (Å²) in [5.41, 5.74) is 3.57. The number of hydrogen-bond acceptors (Lipinski definition) is 3. The topological polar surface area (TPSA) is 29.9 Å². The number of thiophene rings is 1. The molecular formula is C10H13N3S. The van der Waals surface area contributed by atoms with E-state index in [1.54, 1.807) is 11.3 Å². The third-order valence-corrected chi connectivity index (χ3v) is 2.95. The van der Waals surface area contributed by atoms with Crippen molar-refractivity contribution in [2.75, 3.05) is 5.32 Å². The first kappa shape index (κ1) is 9.27. The Morgan fingerprint density at radius 3 is 2.93 bits per heavy atom. The zero-order chi connectivity index (χ0) is 9.97. The van der Waals surface area contributed by atoms with Crippen LogP contribution in [0.15, 0.2) is 23.0 Å². The average Bonchev–Trinajstić information content (AvgIpc) is 2.72. The summed E-state index contributed by atoms with van der Waals surface area (Å²) in [5, 5.41) is 11.9. The van der Waals surface area contributed by atoms with Gasteiger partial charge < -0.3 is 5.32 Å². The molecular weight excluding hydrogens is 194 g/mol. The Morgan fingerprint density at radius 1 is 1.50 bits per heavy atom. The summed E-state index contributed by atoms with van der Waals surface area (Å²) < 4.78 is 1.82. The summed E-state index contributed by atoms with van der Waals surface area (Å²) in [6, 6.07) is 2.02. The minimum atomic E-state index is 0.790. The minimum Gasteiger partial charge on any atom is -0.378 e. The third-order valence-electron chi connectivity index (χ3n) is 2.08. The molecule has 2 aromatic rings. The molecule has 3 nitrogen and oxygen atoms in total. The van der Waals surface area contributed by atoms with Crippen LogP contribution in [0.4, 0.5) is 5.69 Å². The zero-order valence-electron chi connectivity index (χ0n) is 8.32. The van der Waals surface area contributed by atoms with E-state index in [2.05, 4.69) is 28.1 Å². The van der Waals surface area contributed by atoms with Crippen LogP contribution in [0.1, 0.15) is 11.3 Å². The smallest absolute Gasteiger partial charge is 0.0815 e. The van der Waals surface area contributed by atoms with Crippen molar-refractivity contribution in [1.29, 1.82) is 0 Å². The quantitative estimate of drug-likeness (QED) is 0.837. The molecule has 0 atom stereocenters. The van der Waals surface area contributed by atoms with Gasteiger partial charge in [-0.05, 0) is 23.9 Å². The molecule has 0 aliphatic rings. The molecule has 0 saturated heterocycles. The van der Waals surface area contributed by atoms with Gasteiger partial charge >= 0.3 is 0 Å². The fourth-order valence-corrected chi connectivity index (χ4v) is 2.09. The highest BCUT2D eigenvalue weighted by atomic mass is 32.1. The Labute approximate surface area is 87.4 Å².